The lowest BCUT2D eigenvalue weighted by molar-refractivity contribution is -0.117. The smallest absolute Gasteiger partial charge is 0.238 e. The maximum atomic E-state index is 12.1. The molecule has 1 heterocycles. The molecule has 0 aromatic heterocycles. The van der Waals surface area contributed by atoms with Crippen LogP contribution in [-0.2, 0) is 4.79 Å². The van der Waals surface area contributed by atoms with E-state index in [0.29, 0.717) is 29.0 Å². The Morgan fingerprint density at radius 2 is 2.27 bits per heavy atom. The van der Waals surface area contributed by atoms with Gasteiger partial charge in [-0.25, -0.2) is 0 Å². The predicted molar refractivity (Wildman–Crippen MR) is 92.4 cm³/mol. The van der Waals surface area contributed by atoms with Gasteiger partial charge in [-0.3, -0.25) is 9.69 Å². The zero-order valence-corrected chi connectivity index (χ0v) is 14.5. The number of hydrogen-bond acceptors (Lipinski definition) is 4. The number of nitrogens with zero attached hydrogens (tertiary/aromatic N) is 1. The topological polar surface area (TPSA) is 53.6 Å². The lowest BCUT2D eigenvalue weighted by Gasteiger charge is -2.31. The minimum Gasteiger partial charge on any atom is -0.495 e. The van der Waals surface area contributed by atoms with Gasteiger partial charge in [-0.05, 0) is 44.6 Å². The number of amides is 1. The number of halogens is 2. The Hall–Kier alpha value is -1.01. The molecule has 1 amide bonds. The third-order valence-corrected chi connectivity index (χ3v) is 4.01. The van der Waals surface area contributed by atoms with Gasteiger partial charge >= 0.3 is 0 Å². The Morgan fingerprint density at radius 3 is 2.91 bits per heavy atom. The van der Waals surface area contributed by atoms with Crippen LogP contribution in [0.25, 0.3) is 0 Å². The number of anilines is 1. The van der Waals surface area contributed by atoms with E-state index in [4.69, 9.17) is 16.3 Å². The predicted octanol–water partition coefficient (Wildman–Crippen LogP) is 2.39. The van der Waals surface area contributed by atoms with Crippen LogP contribution in [0, 0.1) is 0 Å². The molecule has 0 saturated carbocycles. The molecule has 1 aliphatic heterocycles. The summed E-state index contributed by atoms with van der Waals surface area (Å²) in [7, 11) is 3.53. The first-order chi connectivity index (χ1) is 10.1. The van der Waals surface area contributed by atoms with E-state index in [2.05, 4.69) is 15.5 Å². The lowest BCUT2D eigenvalue weighted by Crippen LogP contribution is -2.46. The summed E-state index contributed by atoms with van der Waals surface area (Å²) in [5.41, 5.74) is 0.688. The molecular formula is C15H23Cl2N3O2. The van der Waals surface area contributed by atoms with E-state index < -0.39 is 0 Å². The second kappa shape index (κ2) is 9.20. The molecule has 0 aliphatic carbocycles. The Balaban J connectivity index is 0.00000242. The number of carbonyl (C=O) groups is 1. The summed E-state index contributed by atoms with van der Waals surface area (Å²) in [6, 6.07) is 5.71. The molecule has 5 nitrogen and oxygen atoms in total. The van der Waals surface area contributed by atoms with Crippen LogP contribution in [0.15, 0.2) is 18.2 Å². The van der Waals surface area contributed by atoms with Crippen LogP contribution >= 0.6 is 24.0 Å². The summed E-state index contributed by atoms with van der Waals surface area (Å²) in [5.74, 6) is 0.579. The highest BCUT2D eigenvalue weighted by atomic mass is 35.5. The summed E-state index contributed by atoms with van der Waals surface area (Å²) in [6.07, 6.45) is 2.29. The number of hydrogen-bond donors (Lipinski definition) is 2. The van der Waals surface area contributed by atoms with E-state index >= 15 is 0 Å². The molecule has 7 heteroatoms. The molecule has 0 spiro atoms. The minimum atomic E-state index is -0.0204. The maximum Gasteiger partial charge on any atom is 0.238 e. The molecule has 124 valence electrons. The third kappa shape index (κ3) is 5.32. The normalized spacial score (nSPS) is 18.4. The average Bonchev–Trinajstić information content (AvgIpc) is 2.47. The van der Waals surface area contributed by atoms with Crippen LogP contribution < -0.4 is 15.4 Å². The van der Waals surface area contributed by atoms with Crippen LogP contribution in [0.2, 0.25) is 5.02 Å². The first-order valence-corrected chi connectivity index (χ1v) is 7.53. The summed E-state index contributed by atoms with van der Waals surface area (Å²) in [4.78, 5) is 14.3. The molecule has 2 rings (SSSR count). The zero-order valence-electron chi connectivity index (χ0n) is 12.9. The van der Waals surface area contributed by atoms with E-state index in [-0.39, 0.29) is 18.3 Å². The van der Waals surface area contributed by atoms with Gasteiger partial charge in [-0.15, -0.1) is 12.4 Å². The molecule has 1 aliphatic rings. The van der Waals surface area contributed by atoms with Gasteiger partial charge in [0.05, 0.1) is 18.7 Å². The number of benzene rings is 1. The summed E-state index contributed by atoms with van der Waals surface area (Å²) in [5, 5.41) is 6.63. The van der Waals surface area contributed by atoms with Crippen molar-refractivity contribution in [3.63, 3.8) is 0 Å². The molecule has 2 N–H and O–H groups in total. The van der Waals surface area contributed by atoms with Gasteiger partial charge in [0, 0.05) is 18.3 Å². The van der Waals surface area contributed by atoms with Crippen molar-refractivity contribution in [1.82, 2.24) is 10.2 Å². The summed E-state index contributed by atoms with van der Waals surface area (Å²) in [6.45, 7) is 2.28. The zero-order chi connectivity index (χ0) is 15.2. The fourth-order valence-electron chi connectivity index (χ4n) is 2.58. The highest BCUT2D eigenvalue weighted by Crippen LogP contribution is 2.27. The minimum absolute atomic E-state index is 0. The van der Waals surface area contributed by atoms with Gasteiger partial charge in [0.2, 0.25) is 5.91 Å². The highest BCUT2D eigenvalue weighted by Gasteiger charge is 2.20. The highest BCUT2D eigenvalue weighted by molar-refractivity contribution is 6.32. The lowest BCUT2D eigenvalue weighted by atomic mass is 10.1. The molecular weight excluding hydrogens is 325 g/mol. The molecule has 22 heavy (non-hydrogen) atoms. The van der Waals surface area contributed by atoms with E-state index in [1.165, 1.54) is 6.42 Å². The Morgan fingerprint density at radius 1 is 1.50 bits per heavy atom. The number of rotatable bonds is 5. The number of piperidine rings is 1. The Labute approximate surface area is 142 Å². The van der Waals surface area contributed by atoms with E-state index in [9.17, 15) is 4.79 Å². The van der Waals surface area contributed by atoms with Crippen molar-refractivity contribution in [2.75, 3.05) is 39.1 Å². The second-order valence-corrected chi connectivity index (χ2v) is 5.67. The fourth-order valence-corrected chi connectivity index (χ4v) is 2.84. The first-order valence-electron chi connectivity index (χ1n) is 7.15. The van der Waals surface area contributed by atoms with Crippen LogP contribution in [0.3, 0.4) is 0 Å². The van der Waals surface area contributed by atoms with Crippen molar-refractivity contribution in [2.45, 2.75) is 18.9 Å². The molecule has 1 fully saturated rings. The Kier molecular flexibility index (Phi) is 7.96. The van der Waals surface area contributed by atoms with Crippen molar-refractivity contribution >= 4 is 35.6 Å². The van der Waals surface area contributed by atoms with Gasteiger partial charge in [-0.2, -0.15) is 0 Å². The van der Waals surface area contributed by atoms with Crippen molar-refractivity contribution in [1.29, 1.82) is 0 Å². The standard InChI is InChI=1S/C15H22ClN3O2.ClH/c1-17-12-4-3-7-19(9-12)10-15(20)18-11-5-6-14(21-2)13(16)8-11;/h5-6,8,12,17H,3-4,7,9-10H2,1-2H3,(H,18,20);1H. The summed E-state index contributed by atoms with van der Waals surface area (Å²) < 4.78 is 5.09. The fraction of sp³-hybridized carbons (Fsp3) is 0.533. The first kappa shape index (κ1) is 19.0. The van der Waals surface area contributed by atoms with Gasteiger partial charge in [0.15, 0.2) is 0 Å². The van der Waals surface area contributed by atoms with Gasteiger partial charge < -0.3 is 15.4 Å². The maximum absolute atomic E-state index is 12.1. The molecule has 0 radical (unpaired) electrons. The number of ether oxygens (including phenoxy) is 1. The van der Waals surface area contributed by atoms with Crippen molar-refractivity contribution in [3.8, 4) is 5.75 Å². The number of methoxy groups -OCH3 is 1. The number of likely N-dealkylation sites (tertiary alicyclic amines) is 1. The van der Waals surface area contributed by atoms with Gasteiger partial charge in [-0.1, -0.05) is 11.6 Å². The van der Waals surface area contributed by atoms with Gasteiger partial charge in [0.25, 0.3) is 0 Å². The van der Waals surface area contributed by atoms with Crippen LogP contribution in [0.5, 0.6) is 5.75 Å². The van der Waals surface area contributed by atoms with Crippen molar-refractivity contribution in [2.24, 2.45) is 0 Å². The molecule has 1 atom stereocenters. The van der Waals surface area contributed by atoms with Crippen LogP contribution in [0.4, 0.5) is 5.69 Å². The average molecular weight is 348 g/mol. The van der Waals surface area contributed by atoms with Crippen LogP contribution in [0.1, 0.15) is 12.8 Å². The van der Waals surface area contributed by atoms with E-state index in [0.717, 1.165) is 19.5 Å². The number of likely N-dealkylation sites (N-methyl/N-ethyl adjacent to an activating group) is 1. The number of nitrogens with one attached hydrogen (secondary N) is 2. The largest absolute Gasteiger partial charge is 0.495 e. The van der Waals surface area contributed by atoms with Crippen molar-refractivity contribution < 1.29 is 9.53 Å². The molecule has 0 bridgehead atoms. The summed E-state index contributed by atoms with van der Waals surface area (Å²) >= 11 is 6.05. The second-order valence-electron chi connectivity index (χ2n) is 5.26. The van der Waals surface area contributed by atoms with E-state index in [1.807, 2.05) is 7.05 Å². The quantitative estimate of drug-likeness (QED) is 0.858. The monoisotopic (exact) mass is 347 g/mol. The van der Waals surface area contributed by atoms with Crippen LogP contribution in [-0.4, -0.2) is 50.6 Å². The SMILES string of the molecule is CNC1CCCN(CC(=O)Nc2ccc(OC)c(Cl)c2)C1.Cl. The third-order valence-electron chi connectivity index (χ3n) is 3.72. The molecule has 1 aromatic carbocycles. The van der Waals surface area contributed by atoms with Gasteiger partial charge in [0.1, 0.15) is 5.75 Å². The molecule has 1 saturated heterocycles. The van der Waals surface area contributed by atoms with Crippen molar-refractivity contribution in [3.05, 3.63) is 23.2 Å². The molecule has 1 aromatic rings. The molecule has 1 unspecified atom stereocenters. The Bertz CT molecular complexity index is 500. The van der Waals surface area contributed by atoms with E-state index in [1.54, 1.807) is 25.3 Å². The number of carbonyl (C=O) groups excluding carboxylic acids is 1.